The number of nitrogens with one attached hydrogen (secondary N) is 1. The van der Waals surface area contributed by atoms with E-state index in [1.54, 1.807) is 6.20 Å². The van der Waals surface area contributed by atoms with Gasteiger partial charge in [-0.05, 0) is 30.7 Å². The van der Waals surface area contributed by atoms with Gasteiger partial charge in [0.05, 0.1) is 6.61 Å². The molecule has 19 heavy (non-hydrogen) atoms. The molecule has 0 aliphatic carbocycles. The van der Waals surface area contributed by atoms with Gasteiger partial charge in [0.25, 0.3) is 0 Å². The van der Waals surface area contributed by atoms with Gasteiger partial charge in [-0.2, -0.15) is 0 Å². The average molecular weight is 258 g/mol. The molecule has 4 heteroatoms. The summed E-state index contributed by atoms with van der Waals surface area (Å²) in [4.78, 5) is 4.21. The zero-order chi connectivity index (χ0) is 13.5. The van der Waals surface area contributed by atoms with E-state index in [9.17, 15) is 5.11 Å². The number of ether oxygens (including phenoxy) is 1. The number of rotatable bonds is 6. The van der Waals surface area contributed by atoms with Crippen molar-refractivity contribution in [3.05, 3.63) is 53.7 Å². The van der Waals surface area contributed by atoms with Crippen molar-refractivity contribution in [3.8, 4) is 5.75 Å². The first-order chi connectivity index (χ1) is 9.33. The molecule has 0 radical (unpaired) electrons. The van der Waals surface area contributed by atoms with Crippen molar-refractivity contribution < 1.29 is 9.84 Å². The molecule has 1 aromatic heterocycles. The Morgan fingerprint density at radius 1 is 1.26 bits per heavy atom. The number of para-hydroxylation sites is 1. The number of pyridine rings is 1. The first-order valence-corrected chi connectivity index (χ1v) is 6.34. The number of hydrogen-bond donors (Lipinski definition) is 2. The van der Waals surface area contributed by atoms with E-state index in [0.29, 0.717) is 12.4 Å². The Morgan fingerprint density at radius 2 is 2.11 bits per heavy atom. The lowest BCUT2D eigenvalue weighted by Crippen LogP contribution is -2.02. The highest BCUT2D eigenvalue weighted by atomic mass is 16.5. The number of nitrogens with zero attached hydrogens (tertiary/aromatic N) is 1. The van der Waals surface area contributed by atoms with E-state index in [4.69, 9.17) is 4.74 Å². The van der Waals surface area contributed by atoms with Crippen molar-refractivity contribution in [2.75, 3.05) is 11.9 Å². The van der Waals surface area contributed by atoms with Crippen LogP contribution in [0.2, 0.25) is 0 Å². The molecule has 1 aromatic carbocycles. The van der Waals surface area contributed by atoms with Crippen molar-refractivity contribution in [1.29, 1.82) is 0 Å². The molecule has 2 rings (SSSR count). The highest BCUT2D eigenvalue weighted by Crippen LogP contribution is 2.19. The van der Waals surface area contributed by atoms with Crippen LogP contribution in [-0.2, 0) is 13.2 Å². The molecule has 1 heterocycles. The van der Waals surface area contributed by atoms with E-state index in [-0.39, 0.29) is 6.61 Å². The van der Waals surface area contributed by atoms with Gasteiger partial charge >= 0.3 is 0 Å². The molecule has 100 valence electrons. The Balaban J connectivity index is 2.03. The van der Waals surface area contributed by atoms with Gasteiger partial charge in [0, 0.05) is 18.3 Å². The third kappa shape index (κ3) is 3.69. The monoisotopic (exact) mass is 258 g/mol. The van der Waals surface area contributed by atoms with Gasteiger partial charge in [0.1, 0.15) is 18.2 Å². The van der Waals surface area contributed by atoms with Crippen molar-refractivity contribution in [1.82, 2.24) is 4.98 Å². The molecule has 0 amide bonds. The van der Waals surface area contributed by atoms with Crippen molar-refractivity contribution in [2.45, 2.75) is 20.1 Å². The minimum atomic E-state index is -0.0187. The third-order valence-corrected chi connectivity index (χ3v) is 2.72. The highest BCUT2D eigenvalue weighted by molar-refractivity contribution is 5.38. The zero-order valence-corrected chi connectivity index (χ0v) is 11.0. The maximum absolute atomic E-state index is 9.23. The molecule has 2 N–H and O–H groups in total. The normalized spacial score (nSPS) is 10.2. The fourth-order valence-corrected chi connectivity index (χ4v) is 1.78. The van der Waals surface area contributed by atoms with Crippen LogP contribution in [0.5, 0.6) is 5.75 Å². The molecule has 0 atom stereocenters. The Hall–Kier alpha value is -2.07. The highest BCUT2D eigenvalue weighted by Gasteiger charge is 2.02. The van der Waals surface area contributed by atoms with Crippen LogP contribution in [0.15, 0.2) is 42.6 Å². The minimum absolute atomic E-state index is 0.0187. The SMILES string of the molecule is CCNc1cc(COc2ccccc2CO)ccn1. The van der Waals surface area contributed by atoms with Crippen LogP contribution in [0, 0.1) is 0 Å². The molecule has 0 aliphatic heterocycles. The molecule has 0 fully saturated rings. The molecular weight excluding hydrogens is 240 g/mol. The molecule has 0 unspecified atom stereocenters. The van der Waals surface area contributed by atoms with Crippen LogP contribution in [0.25, 0.3) is 0 Å². The number of anilines is 1. The van der Waals surface area contributed by atoms with Gasteiger partial charge in [-0.25, -0.2) is 4.98 Å². The Kier molecular flexibility index (Phi) is 4.75. The van der Waals surface area contributed by atoms with Gasteiger partial charge in [0.2, 0.25) is 0 Å². The minimum Gasteiger partial charge on any atom is -0.489 e. The largest absolute Gasteiger partial charge is 0.489 e. The summed E-state index contributed by atoms with van der Waals surface area (Å²) < 4.78 is 5.73. The molecular formula is C15H18N2O2. The number of aliphatic hydroxyl groups is 1. The van der Waals surface area contributed by atoms with Crippen LogP contribution in [0.3, 0.4) is 0 Å². The maximum Gasteiger partial charge on any atom is 0.126 e. The summed E-state index contributed by atoms with van der Waals surface area (Å²) in [5.74, 6) is 1.56. The molecule has 2 aromatic rings. The second-order valence-corrected chi connectivity index (χ2v) is 4.13. The van der Waals surface area contributed by atoms with E-state index in [1.165, 1.54) is 0 Å². The smallest absolute Gasteiger partial charge is 0.126 e. The fraction of sp³-hybridized carbons (Fsp3) is 0.267. The first kappa shape index (κ1) is 13.4. The van der Waals surface area contributed by atoms with E-state index < -0.39 is 0 Å². The Bertz CT molecular complexity index is 529. The summed E-state index contributed by atoms with van der Waals surface area (Å²) >= 11 is 0. The summed E-state index contributed by atoms with van der Waals surface area (Å²) in [6.07, 6.45) is 1.76. The average Bonchev–Trinajstić information content (AvgIpc) is 2.46. The van der Waals surface area contributed by atoms with E-state index in [0.717, 1.165) is 23.5 Å². The van der Waals surface area contributed by atoms with E-state index >= 15 is 0 Å². The Morgan fingerprint density at radius 3 is 2.89 bits per heavy atom. The molecule has 0 aliphatic rings. The molecule has 0 spiro atoms. The topological polar surface area (TPSA) is 54.4 Å². The van der Waals surface area contributed by atoms with Crippen LogP contribution in [0.4, 0.5) is 5.82 Å². The van der Waals surface area contributed by atoms with Gasteiger partial charge in [-0.3, -0.25) is 0 Å². The Labute approximate surface area is 113 Å². The molecule has 4 nitrogen and oxygen atoms in total. The first-order valence-electron chi connectivity index (χ1n) is 6.34. The standard InChI is InChI=1S/C15H18N2O2/c1-2-16-15-9-12(7-8-17-15)11-19-14-6-4-3-5-13(14)10-18/h3-9,18H,2,10-11H2,1H3,(H,16,17). The van der Waals surface area contributed by atoms with Crippen LogP contribution >= 0.6 is 0 Å². The molecule has 0 saturated heterocycles. The second-order valence-electron chi connectivity index (χ2n) is 4.13. The molecule has 0 bridgehead atoms. The van der Waals surface area contributed by atoms with Crippen molar-refractivity contribution in [2.24, 2.45) is 0 Å². The summed E-state index contributed by atoms with van der Waals surface area (Å²) in [6, 6.07) is 11.4. The lowest BCUT2D eigenvalue weighted by atomic mass is 10.2. The van der Waals surface area contributed by atoms with Crippen LogP contribution in [-0.4, -0.2) is 16.6 Å². The van der Waals surface area contributed by atoms with Crippen molar-refractivity contribution >= 4 is 5.82 Å². The summed E-state index contributed by atoms with van der Waals surface area (Å²) in [5, 5.41) is 12.4. The second kappa shape index (κ2) is 6.75. The number of aliphatic hydroxyl groups excluding tert-OH is 1. The summed E-state index contributed by atoms with van der Waals surface area (Å²) in [6.45, 7) is 3.31. The van der Waals surface area contributed by atoms with Gasteiger partial charge in [0.15, 0.2) is 0 Å². The number of benzene rings is 1. The van der Waals surface area contributed by atoms with Crippen LogP contribution in [0.1, 0.15) is 18.1 Å². The number of hydrogen-bond acceptors (Lipinski definition) is 4. The lowest BCUT2D eigenvalue weighted by Gasteiger charge is -2.10. The van der Waals surface area contributed by atoms with E-state index in [2.05, 4.69) is 10.3 Å². The fourth-order valence-electron chi connectivity index (χ4n) is 1.78. The van der Waals surface area contributed by atoms with Crippen LogP contribution < -0.4 is 10.1 Å². The molecule has 0 saturated carbocycles. The van der Waals surface area contributed by atoms with Gasteiger partial charge < -0.3 is 15.2 Å². The van der Waals surface area contributed by atoms with Gasteiger partial charge in [-0.15, -0.1) is 0 Å². The zero-order valence-electron chi connectivity index (χ0n) is 11.0. The lowest BCUT2D eigenvalue weighted by molar-refractivity contribution is 0.259. The van der Waals surface area contributed by atoms with Crippen molar-refractivity contribution in [3.63, 3.8) is 0 Å². The maximum atomic E-state index is 9.23. The predicted molar refractivity (Wildman–Crippen MR) is 75.1 cm³/mol. The number of aromatic nitrogens is 1. The summed E-state index contributed by atoms with van der Waals surface area (Å²) in [7, 11) is 0. The third-order valence-electron chi connectivity index (χ3n) is 2.72. The van der Waals surface area contributed by atoms with Gasteiger partial charge in [-0.1, -0.05) is 18.2 Å². The van der Waals surface area contributed by atoms with E-state index in [1.807, 2.05) is 43.3 Å². The quantitative estimate of drug-likeness (QED) is 0.836. The predicted octanol–water partition coefficient (Wildman–Crippen LogP) is 2.58. The summed E-state index contributed by atoms with van der Waals surface area (Å²) in [5.41, 5.74) is 1.84.